The fourth-order valence-corrected chi connectivity index (χ4v) is 5.27. The van der Waals surface area contributed by atoms with Crippen molar-refractivity contribution < 1.29 is 22.8 Å². The van der Waals surface area contributed by atoms with Gasteiger partial charge in [-0.3, -0.25) is 14.5 Å². The molecule has 2 aromatic rings. The fourth-order valence-electron chi connectivity index (χ4n) is 5.27. The van der Waals surface area contributed by atoms with Gasteiger partial charge in [0.05, 0.1) is 23.2 Å². The number of Topliss-reactive ketones (excluding diaryl/α,β-unsaturated/α-hetero) is 1. The zero-order valence-corrected chi connectivity index (χ0v) is 19.9. The van der Waals surface area contributed by atoms with Crippen LogP contribution in [0.4, 0.5) is 13.2 Å². The van der Waals surface area contributed by atoms with Crippen LogP contribution in [0, 0.1) is 0 Å². The Morgan fingerprint density at radius 2 is 1.89 bits per heavy atom. The van der Waals surface area contributed by atoms with Crippen molar-refractivity contribution in [3.8, 4) is 0 Å². The summed E-state index contributed by atoms with van der Waals surface area (Å²) >= 11 is 0. The molecule has 0 aliphatic carbocycles. The van der Waals surface area contributed by atoms with Crippen molar-refractivity contribution in [1.82, 2.24) is 25.1 Å². The number of piperidine rings is 1. The molecule has 2 aliphatic heterocycles. The van der Waals surface area contributed by atoms with E-state index in [4.69, 9.17) is 5.73 Å². The highest BCUT2D eigenvalue weighted by atomic mass is 19.4. The highest BCUT2D eigenvalue weighted by Gasteiger charge is 2.34. The maximum Gasteiger partial charge on any atom is 0.418 e. The number of para-hydroxylation sites is 1. The summed E-state index contributed by atoms with van der Waals surface area (Å²) < 4.78 is 39.7. The summed E-state index contributed by atoms with van der Waals surface area (Å²) in [5, 5.41) is 3.00. The number of nitrogens with zero attached hydrogens (tertiary/aromatic N) is 3. The molecule has 0 spiro atoms. The summed E-state index contributed by atoms with van der Waals surface area (Å²) in [5.74, 6) is -0.0821. The lowest BCUT2D eigenvalue weighted by molar-refractivity contribution is -0.136. The Bertz CT molecular complexity index is 1130. The molecule has 4 N–H and O–H groups in total. The van der Waals surface area contributed by atoms with Gasteiger partial charge in [-0.15, -0.1) is 0 Å². The summed E-state index contributed by atoms with van der Waals surface area (Å²) in [5.41, 5.74) is 6.31. The third-order valence-corrected chi connectivity index (χ3v) is 6.78. The molecule has 2 saturated heterocycles. The number of imidazole rings is 1. The molecular formula is C24H31F3N6O2. The maximum absolute atomic E-state index is 13.2. The normalized spacial score (nSPS) is 20.8. The smallest absolute Gasteiger partial charge is 0.400 e. The molecule has 0 radical (unpaired) electrons. The van der Waals surface area contributed by atoms with Crippen molar-refractivity contribution in [3.63, 3.8) is 0 Å². The highest BCUT2D eigenvalue weighted by molar-refractivity contribution is 5.93. The average Bonchev–Trinajstić information content (AvgIpc) is 3.39. The van der Waals surface area contributed by atoms with E-state index < -0.39 is 11.7 Å². The van der Waals surface area contributed by atoms with E-state index in [1.807, 2.05) is 0 Å². The van der Waals surface area contributed by atoms with Gasteiger partial charge in [-0.25, -0.2) is 4.98 Å². The molecule has 1 unspecified atom stereocenters. The molecule has 0 bridgehead atoms. The van der Waals surface area contributed by atoms with E-state index in [-0.39, 0.29) is 41.0 Å². The minimum atomic E-state index is -4.51. The molecule has 1 aromatic carbocycles. The van der Waals surface area contributed by atoms with Crippen LogP contribution in [0.2, 0.25) is 0 Å². The van der Waals surface area contributed by atoms with E-state index >= 15 is 0 Å². The van der Waals surface area contributed by atoms with E-state index in [9.17, 15) is 22.8 Å². The van der Waals surface area contributed by atoms with Crippen molar-refractivity contribution >= 4 is 22.7 Å². The maximum atomic E-state index is 13.2. The number of alkyl halides is 3. The van der Waals surface area contributed by atoms with Gasteiger partial charge in [-0.2, -0.15) is 13.2 Å². The zero-order valence-electron chi connectivity index (χ0n) is 19.9. The Balaban J connectivity index is 1.29. The van der Waals surface area contributed by atoms with Crippen molar-refractivity contribution in [2.45, 2.75) is 57.8 Å². The number of hydrogen-bond donors (Lipinski definition) is 3. The first-order valence-corrected chi connectivity index (χ1v) is 11.8. The van der Waals surface area contributed by atoms with Crippen molar-refractivity contribution in [3.05, 3.63) is 41.0 Å². The standard InChI is InChI=1S/C24H31F3N6O2/c1-14(28)23(15(2)34)32-10-7-17(8-11-32)33-9-6-16(13-33)29-21(35)12-20-30-19-5-3-4-18(22(19)31-20)24(25,26)27/h3-5,16-17H,6-13,28H2,1-2H3,(H,29,35)(H,30,31). The number of amides is 1. The van der Waals surface area contributed by atoms with Crippen LogP contribution in [0.15, 0.2) is 29.6 Å². The van der Waals surface area contributed by atoms with Crippen LogP contribution in [0.25, 0.3) is 11.0 Å². The molecule has 3 heterocycles. The Labute approximate surface area is 201 Å². The predicted octanol–water partition coefficient (Wildman–Crippen LogP) is 2.56. The number of hydrogen-bond acceptors (Lipinski definition) is 6. The minimum Gasteiger partial charge on any atom is -0.400 e. The monoisotopic (exact) mass is 492 g/mol. The molecule has 190 valence electrons. The number of aromatic nitrogens is 2. The Morgan fingerprint density at radius 3 is 2.51 bits per heavy atom. The number of allylic oxidation sites excluding steroid dienone is 2. The molecule has 4 rings (SSSR count). The molecule has 8 nitrogen and oxygen atoms in total. The van der Waals surface area contributed by atoms with Gasteiger partial charge in [0.2, 0.25) is 5.91 Å². The van der Waals surface area contributed by atoms with Gasteiger partial charge in [0, 0.05) is 50.9 Å². The number of H-pyrrole nitrogens is 1. The van der Waals surface area contributed by atoms with E-state index in [1.54, 1.807) is 6.92 Å². The van der Waals surface area contributed by atoms with E-state index in [2.05, 4.69) is 25.1 Å². The first kappa shape index (κ1) is 25.0. The second kappa shape index (κ2) is 9.88. The fraction of sp³-hybridized carbons (Fsp3) is 0.542. The van der Waals surface area contributed by atoms with Gasteiger partial charge < -0.3 is 20.9 Å². The molecule has 1 atom stereocenters. The number of nitrogens with two attached hydrogens (primary N) is 1. The van der Waals surface area contributed by atoms with Crippen molar-refractivity contribution in [2.24, 2.45) is 5.73 Å². The number of carbonyl (C=O) groups is 2. The molecule has 0 saturated carbocycles. The second-order valence-corrected chi connectivity index (χ2v) is 9.41. The minimum absolute atomic E-state index is 0.0189. The van der Waals surface area contributed by atoms with E-state index in [0.29, 0.717) is 17.4 Å². The SMILES string of the molecule is CC(=O)C(=C(C)N)N1CCC(N2CCC(NC(=O)Cc3nc4c(C(F)(F)F)cccc4[nH]3)C2)CC1. The quantitative estimate of drug-likeness (QED) is 0.535. The van der Waals surface area contributed by atoms with Gasteiger partial charge in [0.1, 0.15) is 11.3 Å². The molecule has 2 aliphatic rings. The molecular weight excluding hydrogens is 461 g/mol. The number of nitrogens with one attached hydrogen (secondary N) is 2. The molecule has 1 aromatic heterocycles. The number of fused-ring (bicyclic) bond motifs is 1. The Kier molecular flexibility index (Phi) is 7.07. The number of likely N-dealkylation sites (tertiary alicyclic amines) is 2. The first-order chi connectivity index (χ1) is 16.5. The third kappa shape index (κ3) is 5.61. The first-order valence-electron chi connectivity index (χ1n) is 11.8. The molecule has 35 heavy (non-hydrogen) atoms. The number of rotatable bonds is 6. The zero-order chi connectivity index (χ0) is 25.3. The van der Waals surface area contributed by atoms with E-state index in [1.165, 1.54) is 19.1 Å². The molecule has 2 fully saturated rings. The predicted molar refractivity (Wildman–Crippen MR) is 125 cm³/mol. The number of carbonyl (C=O) groups excluding carboxylic acids is 2. The number of benzene rings is 1. The number of ketones is 1. The van der Waals surface area contributed by atoms with Crippen LogP contribution < -0.4 is 11.1 Å². The van der Waals surface area contributed by atoms with Gasteiger partial charge in [0.15, 0.2) is 5.78 Å². The van der Waals surface area contributed by atoms with Gasteiger partial charge in [-0.1, -0.05) is 6.07 Å². The van der Waals surface area contributed by atoms with E-state index in [0.717, 1.165) is 51.5 Å². The third-order valence-electron chi connectivity index (χ3n) is 6.78. The van der Waals surface area contributed by atoms with Crippen LogP contribution in [-0.4, -0.2) is 69.7 Å². The van der Waals surface area contributed by atoms with Crippen molar-refractivity contribution in [1.29, 1.82) is 0 Å². The topological polar surface area (TPSA) is 107 Å². The summed E-state index contributed by atoms with van der Waals surface area (Å²) in [6.45, 7) is 6.38. The van der Waals surface area contributed by atoms with Gasteiger partial charge in [-0.05, 0) is 38.3 Å². The number of aromatic amines is 1. The van der Waals surface area contributed by atoms with Crippen LogP contribution in [0.5, 0.6) is 0 Å². The highest BCUT2D eigenvalue weighted by Crippen LogP contribution is 2.33. The lowest BCUT2D eigenvalue weighted by Crippen LogP contribution is -2.46. The Hall–Kier alpha value is -3.08. The van der Waals surface area contributed by atoms with Gasteiger partial charge in [0.25, 0.3) is 0 Å². The van der Waals surface area contributed by atoms with Crippen LogP contribution in [0.3, 0.4) is 0 Å². The summed E-state index contributed by atoms with van der Waals surface area (Å²) in [7, 11) is 0. The largest absolute Gasteiger partial charge is 0.418 e. The summed E-state index contributed by atoms with van der Waals surface area (Å²) in [6.07, 6.45) is -1.99. The van der Waals surface area contributed by atoms with Crippen LogP contribution >= 0.6 is 0 Å². The average molecular weight is 493 g/mol. The lowest BCUT2D eigenvalue weighted by Gasteiger charge is -2.38. The molecule has 1 amide bonds. The summed E-state index contributed by atoms with van der Waals surface area (Å²) in [4.78, 5) is 35.8. The van der Waals surface area contributed by atoms with Gasteiger partial charge >= 0.3 is 6.18 Å². The second-order valence-electron chi connectivity index (χ2n) is 9.41. The van der Waals surface area contributed by atoms with Crippen molar-refractivity contribution in [2.75, 3.05) is 26.2 Å². The lowest BCUT2D eigenvalue weighted by atomic mass is 10.0. The molecule has 11 heteroatoms. The Morgan fingerprint density at radius 1 is 1.17 bits per heavy atom. The summed E-state index contributed by atoms with van der Waals surface area (Å²) in [6, 6.07) is 4.17. The van der Waals surface area contributed by atoms with Crippen LogP contribution in [0.1, 0.15) is 44.5 Å². The number of halogens is 3. The van der Waals surface area contributed by atoms with Crippen LogP contribution in [-0.2, 0) is 22.2 Å².